The van der Waals surface area contributed by atoms with Crippen LogP contribution >= 0.6 is 11.6 Å². The Morgan fingerprint density at radius 3 is 2.62 bits per heavy atom. The number of urea groups is 1. The first kappa shape index (κ1) is 17.9. The number of halogens is 1. The fourth-order valence-corrected chi connectivity index (χ4v) is 2.78. The number of benzene rings is 1. The Balaban J connectivity index is 1.67. The van der Waals surface area contributed by atoms with Gasteiger partial charge in [0.2, 0.25) is 0 Å². The summed E-state index contributed by atoms with van der Waals surface area (Å²) < 4.78 is 0. The smallest absolute Gasteiger partial charge is 0.322 e. The van der Waals surface area contributed by atoms with Crippen molar-refractivity contribution in [2.75, 3.05) is 0 Å². The van der Waals surface area contributed by atoms with Gasteiger partial charge in [0, 0.05) is 6.20 Å². The van der Waals surface area contributed by atoms with Gasteiger partial charge in [0.25, 0.3) is 11.8 Å². The molecule has 4 amide bonds. The third kappa shape index (κ3) is 3.67. The lowest BCUT2D eigenvalue weighted by Gasteiger charge is -2.21. The summed E-state index contributed by atoms with van der Waals surface area (Å²) in [6.45, 7) is 1.65. The molecule has 2 heterocycles. The lowest BCUT2D eigenvalue weighted by atomic mass is 9.93. The van der Waals surface area contributed by atoms with Crippen molar-refractivity contribution in [2.45, 2.75) is 25.3 Å². The maximum absolute atomic E-state index is 12.7. The van der Waals surface area contributed by atoms with Crippen LogP contribution in [0.25, 0.3) is 0 Å². The summed E-state index contributed by atoms with van der Waals surface area (Å²) in [4.78, 5) is 40.9. The van der Waals surface area contributed by atoms with E-state index in [-0.39, 0.29) is 10.7 Å². The Morgan fingerprint density at radius 2 is 1.96 bits per heavy atom. The van der Waals surface area contributed by atoms with E-state index in [1.54, 1.807) is 6.92 Å². The number of hydrogen-bond donors (Lipinski definition) is 2. The van der Waals surface area contributed by atoms with E-state index in [0.29, 0.717) is 17.9 Å². The predicted octanol–water partition coefficient (Wildman–Crippen LogP) is 2.32. The normalized spacial score (nSPS) is 19.4. The largest absolute Gasteiger partial charge is 0.344 e. The molecule has 7 nitrogen and oxygen atoms in total. The number of carbonyl (C=O) groups is 3. The Bertz CT molecular complexity index is 841. The van der Waals surface area contributed by atoms with E-state index < -0.39 is 23.4 Å². The van der Waals surface area contributed by atoms with Crippen molar-refractivity contribution in [3.05, 3.63) is 64.9 Å². The summed E-state index contributed by atoms with van der Waals surface area (Å²) in [5.74, 6) is -1.13. The number of nitrogens with zero attached hydrogens (tertiary/aromatic N) is 2. The topological polar surface area (TPSA) is 91.4 Å². The van der Waals surface area contributed by atoms with Crippen LogP contribution in [0.1, 0.15) is 29.3 Å². The summed E-state index contributed by atoms with van der Waals surface area (Å²) in [6, 6.07) is 11.9. The third-order valence-electron chi connectivity index (χ3n) is 4.22. The van der Waals surface area contributed by atoms with Crippen LogP contribution in [-0.4, -0.2) is 33.4 Å². The summed E-state index contributed by atoms with van der Waals surface area (Å²) in [6.07, 6.45) is 2.30. The van der Waals surface area contributed by atoms with E-state index in [1.807, 2.05) is 30.3 Å². The molecule has 1 saturated heterocycles. The minimum Gasteiger partial charge on any atom is -0.322 e. The average Bonchev–Trinajstić information content (AvgIpc) is 2.85. The predicted molar refractivity (Wildman–Crippen MR) is 95.3 cm³/mol. The second-order valence-electron chi connectivity index (χ2n) is 6.20. The second-order valence-corrected chi connectivity index (χ2v) is 6.59. The van der Waals surface area contributed by atoms with Crippen molar-refractivity contribution in [3.63, 3.8) is 0 Å². The number of carbonyl (C=O) groups excluding carboxylic acids is 3. The van der Waals surface area contributed by atoms with Crippen molar-refractivity contribution in [1.29, 1.82) is 0 Å². The van der Waals surface area contributed by atoms with Gasteiger partial charge in [0.05, 0.1) is 5.56 Å². The molecule has 1 atom stereocenters. The first-order valence-electron chi connectivity index (χ1n) is 8.02. The molecule has 1 aromatic carbocycles. The molecule has 0 bridgehead atoms. The van der Waals surface area contributed by atoms with Crippen LogP contribution < -0.4 is 10.7 Å². The molecule has 26 heavy (non-hydrogen) atoms. The fraction of sp³-hybridized carbons (Fsp3) is 0.222. The lowest BCUT2D eigenvalue weighted by molar-refractivity contribution is -0.132. The molecule has 0 radical (unpaired) electrons. The number of pyridine rings is 1. The standard InChI is InChI=1S/C18H17ClN4O3/c1-18(10-9-12-5-3-2-4-6-12)16(25)23(17(26)21-18)22-15(24)13-7-8-14(19)20-11-13/h2-8,11H,9-10H2,1H3,(H,21,26)(H,22,24)/t18-/m1/s1. The number of hydrazine groups is 1. The molecule has 1 fully saturated rings. The van der Waals surface area contributed by atoms with E-state index in [4.69, 9.17) is 11.6 Å². The van der Waals surface area contributed by atoms with Crippen molar-refractivity contribution in [1.82, 2.24) is 20.7 Å². The van der Waals surface area contributed by atoms with Crippen molar-refractivity contribution >= 4 is 29.4 Å². The van der Waals surface area contributed by atoms with E-state index in [0.717, 1.165) is 5.56 Å². The summed E-state index contributed by atoms with van der Waals surface area (Å²) in [5.41, 5.74) is 2.48. The molecule has 8 heteroatoms. The van der Waals surface area contributed by atoms with Gasteiger partial charge >= 0.3 is 6.03 Å². The number of amides is 4. The van der Waals surface area contributed by atoms with Gasteiger partial charge in [-0.05, 0) is 37.5 Å². The van der Waals surface area contributed by atoms with E-state index in [9.17, 15) is 14.4 Å². The van der Waals surface area contributed by atoms with Gasteiger partial charge < -0.3 is 5.32 Å². The third-order valence-corrected chi connectivity index (χ3v) is 4.44. The molecule has 0 saturated carbocycles. The highest BCUT2D eigenvalue weighted by atomic mass is 35.5. The van der Waals surface area contributed by atoms with Gasteiger partial charge in [-0.3, -0.25) is 15.0 Å². The van der Waals surface area contributed by atoms with Crippen LogP contribution in [-0.2, 0) is 11.2 Å². The molecule has 2 aromatic rings. The van der Waals surface area contributed by atoms with Gasteiger partial charge in [-0.15, -0.1) is 0 Å². The van der Waals surface area contributed by atoms with Crippen LogP contribution in [0.15, 0.2) is 48.7 Å². The first-order chi connectivity index (χ1) is 12.4. The zero-order valence-electron chi connectivity index (χ0n) is 14.0. The van der Waals surface area contributed by atoms with Crippen LogP contribution in [0.3, 0.4) is 0 Å². The fourth-order valence-electron chi connectivity index (χ4n) is 2.67. The summed E-state index contributed by atoms with van der Waals surface area (Å²) >= 11 is 5.68. The highest BCUT2D eigenvalue weighted by Crippen LogP contribution is 2.22. The molecule has 3 rings (SSSR count). The molecule has 0 aliphatic carbocycles. The van der Waals surface area contributed by atoms with E-state index in [1.165, 1.54) is 18.3 Å². The van der Waals surface area contributed by atoms with Crippen LogP contribution in [0.4, 0.5) is 4.79 Å². The van der Waals surface area contributed by atoms with Gasteiger partial charge in [-0.2, -0.15) is 5.01 Å². The van der Waals surface area contributed by atoms with E-state index in [2.05, 4.69) is 15.7 Å². The molecule has 0 spiro atoms. The van der Waals surface area contributed by atoms with Gasteiger partial charge in [-0.1, -0.05) is 41.9 Å². The average molecular weight is 373 g/mol. The highest BCUT2D eigenvalue weighted by molar-refractivity contribution is 6.29. The molecule has 1 aliphatic rings. The van der Waals surface area contributed by atoms with Crippen molar-refractivity contribution in [3.8, 4) is 0 Å². The summed E-state index contributed by atoms with van der Waals surface area (Å²) in [5, 5.41) is 3.60. The van der Waals surface area contributed by atoms with Crippen molar-refractivity contribution in [2.24, 2.45) is 0 Å². The quantitative estimate of drug-likeness (QED) is 0.622. The van der Waals surface area contributed by atoms with Crippen LogP contribution in [0.5, 0.6) is 0 Å². The zero-order valence-corrected chi connectivity index (χ0v) is 14.8. The Morgan fingerprint density at radius 1 is 1.23 bits per heavy atom. The second kappa shape index (κ2) is 7.13. The van der Waals surface area contributed by atoms with Crippen LogP contribution in [0, 0.1) is 0 Å². The number of nitrogens with one attached hydrogen (secondary N) is 2. The maximum Gasteiger partial charge on any atom is 0.344 e. The van der Waals surface area contributed by atoms with Gasteiger partial charge in [0.1, 0.15) is 10.7 Å². The molecular weight excluding hydrogens is 356 g/mol. The maximum atomic E-state index is 12.7. The van der Waals surface area contributed by atoms with Gasteiger partial charge in [-0.25, -0.2) is 9.78 Å². The molecule has 1 aromatic heterocycles. The molecule has 2 N–H and O–H groups in total. The Labute approximate surface area is 155 Å². The van der Waals surface area contributed by atoms with Gasteiger partial charge in [0.15, 0.2) is 0 Å². The number of rotatable bonds is 5. The first-order valence-corrected chi connectivity index (χ1v) is 8.40. The number of aromatic nitrogens is 1. The van der Waals surface area contributed by atoms with Crippen LogP contribution in [0.2, 0.25) is 5.15 Å². The SMILES string of the molecule is C[C@]1(CCc2ccccc2)NC(=O)N(NC(=O)c2ccc(Cl)nc2)C1=O. The Hall–Kier alpha value is -2.93. The number of imide groups is 1. The Kier molecular flexibility index (Phi) is 4.90. The monoisotopic (exact) mass is 372 g/mol. The lowest BCUT2D eigenvalue weighted by Crippen LogP contribution is -2.49. The zero-order chi connectivity index (χ0) is 18.7. The minimum atomic E-state index is -1.08. The minimum absolute atomic E-state index is 0.188. The molecule has 1 aliphatic heterocycles. The van der Waals surface area contributed by atoms with E-state index >= 15 is 0 Å². The number of aryl methyl sites for hydroxylation is 1. The van der Waals surface area contributed by atoms with Crippen molar-refractivity contribution < 1.29 is 14.4 Å². The molecule has 134 valence electrons. The summed E-state index contributed by atoms with van der Waals surface area (Å²) in [7, 11) is 0. The number of hydrogen-bond acceptors (Lipinski definition) is 4. The molecule has 0 unspecified atom stereocenters. The molecular formula is C18H17ClN4O3. The highest BCUT2D eigenvalue weighted by Gasteiger charge is 2.48.